The van der Waals surface area contributed by atoms with Crippen molar-refractivity contribution in [1.29, 1.82) is 0 Å². The zero-order valence-corrected chi connectivity index (χ0v) is 9.60. The van der Waals surface area contributed by atoms with Gasteiger partial charge in [-0.25, -0.2) is 9.59 Å². The lowest BCUT2D eigenvalue weighted by Gasteiger charge is -2.08. The number of benzene rings is 1. The molecule has 0 fully saturated rings. The van der Waals surface area contributed by atoms with E-state index in [2.05, 4.69) is 9.47 Å². The number of nitrogens with two attached hydrogens (primary N) is 1. The third kappa shape index (κ3) is 2.84. The average molecular weight is 235 g/mol. The average Bonchev–Trinajstić information content (AvgIpc) is 2.39. The Labute approximate surface area is 98.8 Å². The fraction of sp³-hybridized carbons (Fsp3) is 0.167. The van der Waals surface area contributed by atoms with Crippen molar-refractivity contribution in [2.45, 2.75) is 0 Å². The zero-order chi connectivity index (χ0) is 12.8. The van der Waals surface area contributed by atoms with Gasteiger partial charge in [0.1, 0.15) is 0 Å². The van der Waals surface area contributed by atoms with Crippen molar-refractivity contribution in [2.75, 3.05) is 14.2 Å². The summed E-state index contributed by atoms with van der Waals surface area (Å²) in [6, 6.07) is 8.65. The Morgan fingerprint density at radius 1 is 1.00 bits per heavy atom. The van der Waals surface area contributed by atoms with Crippen LogP contribution in [0.1, 0.15) is 5.56 Å². The summed E-state index contributed by atoms with van der Waals surface area (Å²) in [7, 11) is 2.34. The summed E-state index contributed by atoms with van der Waals surface area (Å²) in [4.78, 5) is 22.9. The van der Waals surface area contributed by atoms with E-state index in [-0.39, 0.29) is 11.3 Å². The molecule has 0 aliphatic carbocycles. The normalized spacial score (nSPS) is 9.29. The lowest BCUT2D eigenvalue weighted by atomic mass is 10.1. The molecule has 0 aliphatic heterocycles. The number of methoxy groups -OCH3 is 2. The van der Waals surface area contributed by atoms with Crippen LogP contribution in [-0.2, 0) is 19.1 Å². The standard InChI is InChI=1S/C12H13NO4/c1-16-11(14)9(12(15)17-2)10(13)8-6-4-3-5-7-8/h3-7H,13H2,1-2H3. The minimum absolute atomic E-state index is 0.0318. The molecule has 0 aromatic heterocycles. The lowest BCUT2D eigenvalue weighted by molar-refractivity contribution is -0.143. The molecule has 0 heterocycles. The summed E-state index contributed by atoms with van der Waals surface area (Å²) in [5.41, 5.74) is 6.05. The van der Waals surface area contributed by atoms with Crippen molar-refractivity contribution in [3.05, 3.63) is 41.5 Å². The van der Waals surface area contributed by atoms with Crippen LogP contribution in [0, 0.1) is 0 Å². The highest BCUT2D eigenvalue weighted by Gasteiger charge is 2.24. The minimum atomic E-state index is -0.821. The van der Waals surface area contributed by atoms with Crippen molar-refractivity contribution in [3.63, 3.8) is 0 Å². The van der Waals surface area contributed by atoms with Gasteiger partial charge in [0.2, 0.25) is 0 Å². The second-order valence-electron chi connectivity index (χ2n) is 3.14. The first-order chi connectivity index (χ1) is 8.11. The first kappa shape index (κ1) is 12.8. The third-order valence-electron chi connectivity index (χ3n) is 2.13. The highest BCUT2D eigenvalue weighted by molar-refractivity contribution is 6.19. The van der Waals surface area contributed by atoms with Crippen LogP contribution in [0.15, 0.2) is 35.9 Å². The number of carbonyl (C=O) groups excluding carboxylic acids is 2. The van der Waals surface area contributed by atoms with Gasteiger partial charge < -0.3 is 15.2 Å². The highest BCUT2D eigenvalue weighted by Crippen LogP contribution is 2.15. The van der Waals surface area contributed by atoms with Crippen molar-refractivity contribution in [1.82, 2.24) is 0 Å². The van der Waals surface area contributed by atoms with Gasteiger partial charge >= 0.3 is 11.9 Å². The summed E-state index contributed by atoms with van der Waals surface area (Å²) in [6.45, 7) is 0. The van der Waals surface area contributed by atoms with Gasteiger partial charge in [-0.3, -0.25) is 0 Å². The Morgan fingerprint density at radius 2 is 1.47 bits per heavy atom. The molecule has 17 heavy (non-hydrogen) atoms. The van der Waals surface area contributed by atoms with Crippen LogP contribution in [0.25, 0.3) is 5.70 Å². The van der Waals surface area contributed by atoms with Crippen molar-refractivity contribution < 1.29 is 19.1 Å². The maximum absolute atomic E-state index is 11.5. The van der Waals surface area contributed by atoms with Crippen LogP contribution in [0.4, 0.5) is 0 Å². The molecular weight excluding hydrogens is 222 g/mol. The van der Waals surface area contributed by atoms with E-state index in [0.29, 0.717) is 5.56 Å². The van der Waals surface area contributed by atoms with E-state index in [1.807, 2.05) is 0 Å². The predicted molar refractivity (Wildman–Crippen MR) is 61.6 cm³/mol. The van der Waals surface area contributed by atoms with E-state index < -0.39 is 11.9 Å². The van der Waals surface area contributed by atoms with Crippen molar-refractivity contribution in [2.24, 2.45) is 5.73 Å². The fourth-order valence-electron chi connectivity index (χ4n) is 1.27. The molecule has 5 nitrogen and oxygen atoms in total. The summed E-state index contributed by atoms with van der Waals surface area (Å²) < 4.78 is 9.00. The number of hydrogen-bond acceptors (Lipinski definition) is 5. The van der Waals surface area contributed by atoms with E-state index in [1.54, 1.807) is 30.3 Å². The molecule has 0 unspecified atom stereocenters. The van der Waals surface area contributed by atoms with Crippen LogP contribution in [0.5, 0.6) is 0 Å². The van der Waals surface area contributed by atoms with Crippen LogP contribution in [-0.4, -0.2) is 26.2 Å². The van der Waals surface area contributed by atoms with Crippen LogP contribution < -0.4 is 5.73 Å². The fourth-order valence-corrected chi connectivity index (χ4v) is 1.27. The quantitative estimate of drug-likeness (QED) is 0.361. The SMILES string of the molecule is COC(=O)C(C(=O)OC)=C(N)c1ccccc1. The molecule has 0 radical (unpaired) electrons. The number of rotatable bonds is 3. The smallest absolute Gasteiger partial charge is 0.347 e. The minimum Gasteiger partial charge on any atom is -0.465 e. The molecule has 1 aromatic rings. The Bertz CT molecular complexity index is 433. The molecule has 1 rings (SSSR count). The number of carbonyl (C=O) groups is 2. The molecule has 2 N–H and O–H groups in total. The van der Waals surface area contributed by atoms with Gasteiger partial charge in [0, 0.05) is 0 Å². The van der Waals surface area contributed by atoms with Gasteiger partial charge in [0.05, 0.1) is 19.9 Å². The number of esters is 2. The molecule has 0 bridgehead atoms. The van der Waals surface area contributed by atoms with E-state index in [1.165, 1.54) is 14.2 Å². The van der Waals surface area contributed by atoms with Gasteiger partial charge in [-0.05, 0) is 5.56 Å². The molecule has 0 amide bonds. The molecule has 1 aromatic carbocycles. The van der Waals surface area contributed by atoms with Crippen molar-refractivity contribution in [3.8, 4) is 0 Å². The molecule has 0 spiro atoms. The Morgan fingerprint density at radius 3 is 1.88 bits per heavy atom. The predicted octanol–water partition coefficient (Wildman–Crippen LogP) is 0.702. The maximum atomic E-state index is 11.5. The van der Waals surface area contributed by atoms with E-state index >= 15 is 0 Å². The Balaban J connectivity index is 3.29. The van der Waals surface area contributed by atoms with Crippen LogP contribution >= 0.6 is 0 Å². The van der Waals surface area contributed by atoms with E-state index in [4.69, 9.17) is 5.73 Å². The monoisotopic (exact) mass is 235 g/mol. The largest absolute Gasteiger partial charge is 0.465 e. The third-order valence-corrected chi connectivity index (χ3v) is 2.13. The lowest BCUT2D eigenvalue weighted by Crippen LogP contribution is -2.20. The van der Waals surface area contributed by atoms with Crippen molar-refractivity contribution >= 4 is 17.6 Å². The summed E-state index contributed by atoms with van der Waals surface area (Å²) in [6.07, 6.45) is 0. The highest BCUT2D eigenvalue weighted by atomic mass is 16.5. The molecule has 5 heteroatoms. The summed E-state index contributed by atoms with van der Waals surface area (Å²) >= 11 is 0. The summed E-state index contributed by atoms with van der Waals surface area (Å²) in [5.74, 6) is -1.64. The topological polar surface area (TPSA) is 78.6 Å². The first-order valence-electron chi connectivity index (χ1n) is 4.83. The Kier molecular flexibility index (Phi) is 4.28. The molecular formula is C12H13NO4. The van der Waals surface area contributed by atoms with E-state index in [9.17, 15) is 9.59 Å². The molecule has 0 atom stereocenters. The first-order valence-corrected chi connectivity index (χ1v) is 4.83. The van der Waals surface area contributed by atoms with E-state index in [0.717, 1.165) is 0 Å². The van der Waals surface area contributed by atoms with Gasteiger partial charge in [0.25, 0.3) is 0 Å². The summed E-state index contributed by atoms with van der Waals surface area (Å²) in [5, 5.41) is 0. The van der Waals surface area contributed by atoms with Gasteiger partial charge in [0.15, 0.2) is 5.57 Å². The second kappa shape index (κ2) is 5.69. The Hall–Kier alpha value is -2.30. The molecule has 0 aliphatic rings. The van der Waals surface area contributed by atoms with Gasteiger partial charge in [-0.1, -0.05) is 30.3 Å². The molecule has 0 saturated heterocycles. The second-order valence-corrected chi connectivity index (χ2v) is 3.14. The zero-order valence-electron chi connectivity index (χ0n) is 9.60. The number of hydrogen-bond donors (Lipinski definition) is 1. The maximum Gasteiger partial charge on any atom is 0.347 e. The molecule has 90 valence electrons. The number of ether oxygens (including phenoxy) is 2. The van der Waals surface area contributed by atoms with Gasteiger partial charge in [-0.15, -0.1) is 0 Å². The van der Waals surface area contributed by atoms with Crippen LogP contribution in [0.2, 0.25) is 0 Å². The van der Waals surface area contributed by atoms with Crippen LogP contribution in [0.3, 0.4) is 0 Å². The van der Waals surface area contributed by atoms with Gasteiger partial charge in [-0.2, -0.15) is 0 Å². The molecule has 0 saturated carbocycles.